The first-order valence-corrected chi connectivity index (χ1v) is 7.27. The van der Waals surface area contributed by atoms with Gasteiger partial charge in [-0.05, 0) is 36.2 Å². The van der Waals surface area contributed by atoms with Crippen LogP contribution in [-0.4, -0.2) is 18.2 Å². The van der Waals surface area contributed by atoms with E-state index < -0.39 is 0 Å². The number of hydrogen-bond acceptors (Lipinski definition) is 2. The van der Waals surface area contributed by atoms with E-state index in [9.17, 15) is 0 Å². The highest BCUT2D eigenvalue weighted by molar-refractivity contribution is 5.83. The molecule has 0 saturated heterocycles. The number of ether oxygens (including phenoxy) is 1. The summed E-state index contributed by atoms with van der Waals surface area (Å²) in [5.74, 6) is 0.921. The minimum absolute atomic E-state index is 0.668. The van der Waals surface area contributed by atoms with Gasteiger partial charge in [-0.15, -0.1) is 0 Å². The van der Waals surface area contributed by atoms with Gasteiger partial charge in [0.15, 0.2) is 0 Å². The number of hydrogen-bond donors (Lipinski definition) is 1. The highest BCUT2D eigenvalue weighted by Gasteiger charge is 2.06. The molecule has 0 radical (unpaired) electrons. The monoisotopic (exact) mass is 280 g/mol. The summed E-state index contributed by atoms with van der Waals surface area (Å²) in [4.78, 5) is 0. The third kappa shape index (κ3) is 3.09. The van der Waals surface area contributed by atoms with Crippen molar-refractivity contribution in [2.45, 2.75) is 13.1 Å². The van der Waals surface area contributed by atoms with Crippen LogP contribution in [0.5, 0.6) is 5.75 Å². The fraction of sp³-hybridized carbons (Fsp3) is 0.222. The minimum atomic E-state index is 0.668. The van der Waals surface area contributed by atoms with Crippen LogP contribution in [0.4, 0.5) is 0 Å². The van der Waals surface area contributed by atoms with Gasteiger partial charge in [-0.3, -0.25) is 0 Å². The highest BCUT2D eigenvalue weighted by Crippen LogP contribution is 2.20. The smallest absolute Gasteiger partial charge is 0.119 e. The number of rotatable bonds is 6. The van der Waals surface area contributed by atoms with Gasteiger partial charge in [-0.1, -0.05) is 36.4 Å². The predicted octanol–water partition coefficient (Wildman–Crippen LogP) is 3.44. The van der Waals surface area contributed by atoms with Crippen molar-refractivity contribution in [3.05, 3.63) is 66.4 Å². The van der Waals surface area contributed by atoms with Crippen LogP contribution in [0, 0.1) is 0 Å². The van der Waals surface area contributed by atoms with Gasteiger partial charge in [0.1, 0.15) is 12.4 Å². The standard InChI is InChI=1S/C18H20N2O/c1-19-14-16-7-5-6-15-10-11-20(18(15)16)12-13-21-17-8-3-2-4-9-17/h2-11,19H,12-14H2,1H3. The van der Waals surface area contributed by atoms with Crippen LogP contribution in [-0.2, 0) is 13.1 Å². The summed E-state index contributed by atoms with van der Waals surface area (Å²) in [7, 11) is 1.98. The normalized spacial score (nSPS) is 10.9. The molecule has 0 fully saturated rings. The molecule has 3 rings (SSSR count). The lowest BCUT2D eigenvalue weighted by Crippen LogP contribution is -2.10. The zero-order valence-electron chi connectivity index (χ0n) is 12.3. The molecule has 0 spiro atoms. The number of nitrogens with zero attached hydrogens (tertiary/aromatic N) is 1. The molecule has 0 bridgehead atoms. The Morgan fingerprint density at radius 2 is 1.86 bits per heavy atom. The first kappa shape index (κ1) is 13.7. The van der Waals surface area contributed by atoms with E-state index in [1.165, 1.54) is 16.5 Å². The Morgan fingerprint density at radius 3 is 2.67 bits per heavy atom. The van der Waals surface area contributed by atoms with Crippen LogP contribution in [0.3, 0.4) is 0 Å². The summed E-state index contributed by atoms with van der Waals surface area (Å²) in [6, 6.07) is 18.6. The first-order chi connectivity index (χ1) is 10.4. The van der Waals surface area contributed by atoms with Crippen molar-refractivity contribution in [1.29, 1.82) is 0 Å². The number of aromatic nitrogens is 1. The van der Waals surface area contributed by atoms with Crippen molar-refractivity contribution in [2.24, 2.45) is 0 Å². The average Bonchev–Trinajstić information content (AvgIpc) is 2.93. The number of para-hydroxylation sites is 2. The van der Waals surface area contributed by atoms with Crippen molar-refractivity contribution in [1.82, 2.24) is 9.88 Å². The van der Waals surface area contributed by atoms with Gasteiger partial charge >= 0.3 is 0 Å². The van der Waals surface area contributed by atoms with Crippen LogP contribution in [0.25, 0.3) is 10.9 Å². The molecule has 0 unspecified atom stereocenters. The Bertz CT molecular complexity index is 704. The molecular weight excluding hydrogens is 260 g/mol. The van der Waals surface area contributed by atoms with Crippen molar-refractivity contribution >= 4 is 10.9 Å². The summed E-state index contributed by atoms with van der Waals surface area (Å²) in [6.07, 6.45) is 2.14. The lowest BCUT2D eigenvalue weighted by Gasteiger charge is -2.11. The summed E-state index contributed by atoms with van der Waals surface area (Å²) in [5.41, 5.74) is 2.61. The second kappa shape index (κ2) is 6.46. The molecule has 0 saturated carbocycles. The second-order valence-corrected chi connectivity index (χ2v) is 5.06. The van der Waals surface area contributed by atoms with Crippen LogP contribution >= 0.6 is 0 Å². The molecule has 1 N–H and O–H groups in total. The molecule has 21 heavy (non-hydrogen) atoms. The molecule has 2 aromatic carbocycles. The van der Waals surface area contributed by atoms with Crippen molar-refractivity contribution in [3.63, 3.8) is 0 Å². The zero-order valence-corrected chi connectivity index (χ0v) is 12.3. The topological polar surface area (TPSA) is 26.2 Å². The SMILES string of the molecule is CNCc1cccc2ccn(CCOc3ccccc3)c12. The van der Waals surface area contributed by atoms with E-state index in [2.05, 4.69) is 40.3 Å². The van der Waals surface area contributed by atoms with E-state index >= 15 is 0 Å². The second-order valence-electron chi connectivity index (χ2n) is 5.06. The number of nitrogens with one attached hydrogen (secondary N) is 1. The lowest BCUT2D eigenvalue weighted by molar-refractivity contribution is 0.300. The quantitative estimate of drug-likeness (QED) is 0.748. The third-order valence-electron chi connectivity index (χ3n) is 3.58. The van der Waals surface area contributed by atoms with E-state index in [1.807, 2.05) is 37.4 Å². The van der Waals surface area contributed by atoms with Gasteiger partial charge < -0.3 is 14.6 Å². The summed E-state index contributed by atoms with van der Waals surface area (Å²) in [5, 5.41) is 4.51. The maximum Gasteiger partial charge on any atom is 0.119 e. The molecule has 0 aliphatic heterocycles. The van der Waals surface area contributed by atoms with Crippen molar-refractivity contribution in [3.8, 4) is 5.75 Å². The van der Waals surface area contributed by atoms with E-state index in [1.54, 1.807) is 0 Å². The molecular formula is C18H20N2O. The molecule has 0 amide bonds. The molecule has 3 nitrogen and oxygen atoms in total. The van der Waals surface area contributed by atoms with E-state index in [4.69, 9.17) is 4.74 Å². The Hall–Kier alpha value is -2.26. The van der Waals surface area contributed by atoms with Crippen LogP contribution in [0.1, 0.15) is 5.56 Å². The Morgan fingerprint density at radius 1 is 1.00 bits per heavy atom. The number of fused-ring (bicyclic) bond motifs is 1. The van der Waals surface area contributed by atoms with Crippen LogP contribution in [0.2, 0.25) is 0 Å². The van der Waals surface area contributed by atoms with Gasteiger partial charge in [0.25, 0.3) is 0 Å². The minimum Gasteiger partial charge on any atom is -0.492 e. The van der Waals surface area contributed by atoms with E-state index in [0.29, 0.717) is 6.61 Å². The molecule has 3 heteroatoms. The summed E-state index contributed by atoms with van der Waals surface area (Å²) < 4.78 is 8.06. The Balaban J connectivity index is 1.75. The fourth-order valence-corrected chi connectivity index (χ4v) is 2.64. The molecule has 3 aromatic rings. The zero-order chi connectivity index (χ0) is 14.5. The molecule has 0 aliphatic carbocycles. The molecule has 1 aromatic heterocycles. The van der Waals surface area contributed by atoms with E-state index in [-0.39, 0.29) is 0 Å². The van der Waals surface area contributed by atoms with Gasteiger partial charge in [0.2, 0.25) is 0 Å². The Kier molecular flexibility index (Phi) is 4.22. The molecule has 0 atom stereocenters. The van der Waals surface area contributed by atoms with E-state index in [0.717, 1.165) is 18.8 Å². The summed E-state index contributed by atoms with van der Waals surface area (Å²) in [6.45, 7) is 2.39. The number of benzene rings is 2. The van der Waals surface area contributed by atoms with Gasteiger partial charge in [-0.25, -0.2) is 0 Å². The van der Waals surface area contributed by atoms with Gasteiger partial charge in [-0.2, -0.15) is 0 Å². The van der Waals surface area contributed by atoms with Crippen molar-refractivity contribution < 1.29 is 4.74 Å². The molecule has 1 heterocycles. The third-order valence-corrected chi connectivity index (χ3v) is 3.58. The summed E-state index contributed by atoms with van der Waals surface area (Å²) >= 11 is 0. The van der Waals surface area contributed by atoms with Crippen molar-refractivity contribution in [2.75, 3.05) is 13.7 Å². The lowest BCUT2D eigenvalue weighted by atomic mass is 10.1. The Labute approximate surface area is 125 Å². The van der Waals surface area contributed by atoms with Crippen LogP contribution in [0.15, 0.2) is 60.8 Å². The maximum atomic E-state index is 5.79. The van der Waals surface area contributed by atoms with Crippen LogP contribution < -0.4 is 10.1 Å². The largest absolute Gasteiger partial charge is 0.492 e. The maximum absolute atomic E-state index is 5.79. The molecule has 108 valence electrons. The first-order valence-electron chi connectivity index (χ1n) is 7.27. The predicted molar refractivity (Wildman–Crippen MR) is 86.6 cm³/mol. The average molecular weight is 280 g/mol. The highest BCUT2D eigenvalue weighted by atomic mass is 16.5. The molecule has 0 aliphatic rings. The fourth-order valence-electron chi connectivity index (χ4n) is 2.64. The van der Waals surface area contributed by atoms with Gasteiger partial charge in [0, 0.05) is 12.7 Å². The van der Waals surface area contributed by atoms with Gasteiger partial charge in [0.05, 0.1) is 12.1 Å².